The Morgan fingerprint density at radius 1 is 1.50 bits per heavy atom. The van der Waals surface area contributed by atoms with Crippen molar-refractivity contribution in [1.82, 2.24) is 5.32 Å². The van der Waals surface area contributed by atoms with Crippen LogP contribution in [0.5, 0.6) is 0 Å². The van der Waals surface area contributed by atoms with Gasteiger partial charge < -0.3 is 19.9 Å². The summed E-state index contributed by atoms with van der Waals surface area (Å²) in [5, 5.41) is 12.0. The molecule has 0 aromatic carbocycles. The van der Waals surface area contributed by atoms with E-state index in [1.54, 1.807) is 21.1 Å². The molecule has 5 heteroatoms. The second-order valence-corrected chi connectivity index (χ2v) is 3.52. The fourth-order valence-corrected chi connectivity index (χ4v) is 1.71. The number of aliphatic hydroxyl groups excluding tert-OH is 1. The molecule has 1 fully saturated rings. The number of carbonyl (C=O) groups is 1. The second-order valence-electron chi connectivity index (χ2n) is 3.52. The molecule has 0 aromatic rings. The van der Waals surface area contributed by atoms with Crippen molar-refractivity contribution < 1.29 is 19.4 Å². The van der Waals surface area contributed by atoms with Crippen LogP contribution in [0.1, 0.15) is 13.3 Å². The molecule has 1 aliphatic heterocycles. The molecule has 1 rings (SSSR count). The van der Waals surface area contributed by atoms with Gasteiger partial charge in [-0.15, -0.1) is 0 Å². The minimum Gasteiger partial charge on any atom is -0.393 e. The maximum Gasteiger partial charge on any atom is 0.228 e. The molecular formula is C9H17NO4. The molecule has 5 nitrogen and oxygen atoms in total. The van der Waals surface area contributed by atoms with Gasteiger partial charge in [0.15, 0.2) is 6.29 Å². The molecule has 0 unspecified atom stereocenters. The molecule has 0 aliphatic carbocycles. The van der Waals surface area contributed by atoms with E-state index in [0.717, 1.165) is 0 Å². The van der Waals surface area contributed by atoms with E-state index in [2.05, 4.69) is 5.32 Å². The molecule has 0 bridgehead atoms. The van der Waals surface area contributed by atoms with Crippen LogP contribution in [-0.4, -0.2) is 43.7 Å². The van der Waals surface area contributed by atoms with E-state index in [1.165, 1.54) is 0 Å². The molecule has 14 heavy (non-hydrogen) atoms. The first kappa shape index (κ1) is 11.4. The average Bonchev–Trinajstić information content (AvgIpc) is 2.10. The highest BCUT2D eigenvalue weighted by molar-refractivity contribution is 5.86. The zero-order valence-electron chi connectivity index (χ0n) is 8.69. The van der Waals surface area contributed by atoms with Crippen molar-refractivity contribution >= 4 is 5.91 Å². The van der Waals surface area contributed by atoms with Gasteiger partial charge in [-0.1, -0.05) is 0 Å². The number of carbonyl (C=O) groups excluding carboxylic acids is 1. The average molecular weight is 203 g/mol. The summed E-state index contributed by atoms with van der Waals surface area (Å²) in [5.74, 6) is -0.432. The lowest BCUT2D eigenvalue weighted by Crippen LogP contribution is -2.62. The van der Waals surface area contributed by atoms with Crippen molar-refractivity contribution in [2.45, 2.75) is 31.8 Å². The quantitative estimate of drug-likeness (QED) is 0.466. The molecule has 1 saturated heterocycles. The van der Waals surface area contributed by atoms with Crippen molar-refractivity contribution in [2.24, 2.45) is 5.92 Å². The lowest BCUT2D eigenvalue weighted by atomic mass is 9.84. The zero-order chi connectivity index (χ0) is 10.7. The topological polar surface area (TPSA) is 67.8 Å². The molecular weight excluding hydrogens is 186 g/mol. The summed E-state index contributed by atoms with van der Waals surface area (Å²) in [6.07, 6.45) is -0.390. The van der Waals surface area contributed by atoms with Crippen LogP contribution in [0.15, 0.2) is 0 Å². The SMILES string of the molecule is COC(C[C@H]1NC(=O)[C@@H]1[C@@H](C)O)OC. The van der Waals surface area contributed by atoms with Crippen LogP contribution in [0.4, 0.5) is 0 Å². The van der Waals surface area contributed by atoms with E-state index in [4.69, 9.17) is 9.47 Å². The third kappa shape index (κ3) is 2.23. The monoisotopic (exact) mass is 203 g/mol. The predicted octanol–water partition coefficient (Wildman–Crippen LogP) is -0.509. The lowest BCUT2D eigenvalue weighted by Gasteiger charge is -2.39. The van der Waals surface area contributed by atoms with E-state index in [0.29, 0.717) is 6.42 Å². The van der Waals surface area contributed by atoms with Gasteiger partial charge in [0.25, 0.3) is 0 Å². The lowest BCUT2D eigenvalue weighted by molar-refractivity contribution is -0.150. The highest BCUT2D eigenvalue weighted by Gasteiger charge is 2.43. The van der Waals surface area contributed by atoms with Crippen LogP contribution >= 0.6 is 0 Å². The molecule has 1 aliphatic rings. The zero-order valence-corrected chi connectivity index (χ0v) is 8.69. The Morgan fingerprint density at radius 2 is 2.07 bits per heavy atom. The Labute approximate surface area is 83.4 Å². The number of rotatable bonds is 5. The number of methoxy groups -OCH3 is 2. The first-order chi connectivity index (χ1) is 6.60. The highest BCUT2D eigenvalue weighted by Crippen LogP contribution is 2.23. The third-order valence-corrected chi connectivity index (χ3v) is 2.56. The van der Waals surface area contributed by atoms with Gasteiger partial charge in [0.1, 0.15) is 0 Å². The Hall–Kier alpha value is -0.650. The summed E-state index contributed by atoms with van der Waals surface area (Å²) in [4.78, 5) is 11.1. The smallest absolute Gasteiger partial charge is 0.228 e. The van der Waals surface area contributed by atoms with E-state index in [9.17, 15) is 9.90 Å². The first-order valence-electron chi connectivity index (χ1n) is 4.64. The molecule has 0 saturated carbocycles. The highest BCUT2D eigenvalue weighted by atomic mass is 16.7. The fourth-order valence-electron chi connectivity index (χ4n) is 1.71. The fraction of sp³-hybridized carbons (Fsp3) is 0.889. The molecule has 2 N–H and O–H groups in total. The molecule has 1 heterocycles. The number of ether oxygens (including phenoxy) is 2. The number of hydrogen-bond acceptors (Lipinski definition) is 4. The van der Waals surface area contributed by atoms with Crippen LogP contribution in [-0.2, 0) is 14.3 Å². The van der Waals surface area contributed by atoms with Gasteiger partial charge in [-0.25, -0.2) is 0 Å². The van der Waals surface area contributed by atoms with E-state index in [-0.39, 0.29) is 24.2 Å². The second kappa shape index (κ2) is 4.72. The molecule has 82 valence electrons. The standard InChI is InChI=1S/C9H17NO4/c1-5(11)8-6(10-9(8)12)4-7(13-2)14-3/h5-8,11H,4H2,1-3H3,(H,10,12)/t5-,6-,8-/m1/s1. The number of amides is 1. The normalized spacial score (nSPS) is 28.5. The summed E-state index contributed by atoms with van der Waals surface area (Å²) >= 11 is 0. The van der Waals surface area contributed by atoms with Crippen molar-refractivity contribution in [2.75, 3.05) is 14.2 Å². The van der Waals surface area contributed by atoms with Gasteiger partial charge in [-0.3, -0.25) is 4.79 Å². The van der Waals surface area contributed by atoms with Gasteiger partial charge in [-0.05, 0) is 6.92 Å². The van der Waals surface area contributed by atoms with E-state index in [1.807, 2.05) is 0 Å². The Bertz CT molecular complexity index is 203. The van der Waals surface area contributed by atoms with Crippen molar-refractivity contribution in [3.8, 4) is 0 Å². The molecule has 0 spiro atoms. The third-order valence-electron chi connectivity index (χ3n) is 2.56. The van der Waals surface area contributed by atoms with Crippen LogP contribution in [0.3, 0.4) is 0 Å². The first-order valence-corrected chi connectivity index (χ1v) is 4.64. The summed E-state index contributed by atoms with van der Waals surface area (Å²) in [7, 11) is 3.10. The van der Waals surface area contributed by atoms with Crippen LogP contribution < -0.4 is 5.32 Å². The van der Waals surface area contributed by atoms with Crippen molar-refractivity contribution in [3.05, 3.63) is 0 Å². The van der Waals surface area contributed by atoms with E-state index >= 15 is 0 Å². The van der Waals surface area contributed by atoms with Crippen LogP contribution in [0.25, 0.3) is 0 Å². The van der Waals surface area contributed by atoms with Gasteiger partial charge in [-0.2, -0.15) is 0 Å². The predicted molar refractivity (Wildman–Crippen MR) is 49.5 cm³/mol. The Balaban J connectivity index is 2.43. The van der Waals surface area contributed by atoms with Crippen LogP contribution in [0.2, 0.25) is 0 Å². The van der Waals surface area contributed by atoms with Gasteiger partial charge >= 0.3 is 0 Å². The van der Waals surface area contributed by atoms with Gasteiger partial charge in [0, 0.05) is 26.7 Å². The van der Waals surface area contributed by atoms with Gasteiger partial charge in [0.05, 0.1) is 12.0 Å². The van der Waals surface area contributed by atoms with Gasteiger partial charge in [0.2, 0.25) is 5.91 Å². The van der Waals surface area contributed by atoms with Crippen molar-refractivity contribution in [1.29, 1.82) is 0 Å². The molecule has 1 amide bonds. The molecule has 0 radical (unpaired) electrons. The summed E-state index contributed by atoms with van der Waals surface area (Å²) in [5.41, 5.74) is 0. The maximum atomic E-state index is 11.1. The minimum atomic E-state index is -0.622. The summed E-state index contributed by atoms with van der Waals surface area (Å²) in [6.45, 7) is 1.62. The largest absolute Gasteiger partial charge is 0.393 e. The van der Waals surface area contributed by atoms with Crippen LogP contribution in [0, 0.1) is 5.92 Å². The Morgan fingerprint density at radius 3 is 2.43 bits per heavy atom. The maximum absolute atomic E-state index is 11.1. The van der Waals surface area contributed by atoms with E-state index < -0.39 is 6.10 Å². The number of nitrogens with one attached hydrogen (secondary N) is 1. The summed E-state index contributed by atoms with van der Waals surface area (Å²) < 4.78 is 10.0. The Kier molecular flexibility index (Phi) is 3.86. The summed E-state index contributed by atoms with van der Waals surface area (Å²) in [6, 6.07) is -0.0487. The minimum absolute atomic E-state index is 0.0487. The molecule has 0 aromatic heterocycles. The number of hydrogen-bond donors (Lipinski definition) is 2. The number of aliphatic hydroxyl groups is 1. The van der Waals surface area contributed by atoms with Crippen molar-refractivity contribution in [3.63, 3.8) is 0 Å². The molecule has 3 atom stereocenters. The number of β-lactam (4-membered cyclic amide) rings is 1.